The Morgan fingerprint density at radius 1 is 1.07 bits per heavy atom. The molecule has 4 N–H and O–H groups in total. The highest BCUT2D eigenvalue weighted by molar-refractivity contribution is 7.89. The Labute approximate surface area is 245 Å². The van der Waals surface area contributed by atoms with Gasteiger partial charge in [0.05, 0.1) is 22.3 Å². The van der Waals surface area contributed by atoms with Gasteiger partial charge >= 0.3 is 0 Å². The number of aryl methyl sites for hydroxylation is 1. The molecular weight excluding hydrogens is 558 g/mol. The lowest BCUT2D eigenvalue weighted by molar-refractivity contribution is 0.0903. The van der Waals surface area contributed by atoms with Crippen LogP contribution in [-0.4, -0.2) is 80.1 Å². The number of primary amides is 1. The standard InChI is InChI=1S/C29H35N7O5S/c1-2-23-28(31-19-10-14-40-15-11-19)34-29(26(33-23)27(30)37)32-20-8-9-24-25(16-20)41-18-21-17-35(12-13-36(21)24)42(38,39)22-6-4-3-5-7-22/h3-9,16,19,21H,2,10-15,17-18H2,1H3,(H2,30,37)(H2,31,32,34). The molecule has 0 saturated carbocycles. The third-order valence-electron chi connectivity index (χ3n) is 7.89. The third-order valence-corrected chi connectivity index (χ3v) is 9.77. The summed E-state index contributed by atoms with van der Waals surface area (Å²) >= 11 is 0. The van der Waals surface area contributed by atoms with Crippen LogP contribution in [0.25, 0.3) is 0 Å². The van der Waals surface area contributed by atoms with E-state index in [0.29, 0.717) is 73.7 Å². The number of rotatable bonds is 8. The molecule has 1 amide bonds. The topological polar surface area (TPSA) is 152 Å². The SMILES string of the molecule is CCc1nc(C(N)=O)c(Nc2ccc3c(c2)OCC2CN(S(=O)(=O)c4ccccc4)CCN32)nc1NC1CCOCC1. The van der Waals surface area contributed by atoms with E-state index in [4.69, 9.17) is 20.2 Å². The lowest BCUT2D eigenvalue weighted by Crippen LogP contribution is -2.58. The molecule has 4 heterocycles. The third kappa shape index (κ3) is 5.59. The number of nitrogens with one attached hydrogen (secondary N) is 2. The van der Waals surface area contributed by atoms with Crippen molar-refractivity contribution >= 4 is 38.9 Å². The van der Waals surface area contributed by atoms with Gasteiger partial charge in [0.2, 0.25) is 10.0 Å². The van der Waals surface area contributed by atoms with E-state index >= 15 is 0 Å². The summed E-state index contributed by atoms with van der Waals surface area (Å²) in [7, 11) is -3.58. The molecule has 0 spiro atoms. The van der Waals surface area contributed by atoms with Gasteiger partial charge in [-0.15, -0.1) is 0 Å². The second-order valence-electron chi connectivity index (χ2n) is 10.6. The molecule has 3 aliphatic heterocycles. The van der Waals surface area contributed by atoms with Crippen LogP contribution < -0.4 is 26.0 Å². The van der Waals surface area contributed by atoms with Gasteiger partial charge in [0.25, 0.3) is 5.91 Å². The Bertz CT molecular complexity index is 1560. The van der Waals surface area contributed by atoms with E-state index in [2.05, 4.69) is 20.5 Å². The highest BCUT2D eigenvalue weighted by atomic mass is 32.2. The van der Waals surface area contributed by atoms with Crippen LogP contribution in [-0.2, 0) is 21.2 Å². The molecule has 42 heavy (non-hydrogen) atoms. The number of ether oxygens (including phenoxy) is 2. The lowest BCUT2D eigenvalue weighted by Gasteiger charge is -2.45. The van der Waals surface area contributed by atoms with E-state index in [0.717, 1.165) is 18.5 Å². The van der Waals surface area contributed by atoms with Gasteiger partial charge in [-0.25, -0.2) is 18.4 Å². The lowest BCUT2D eigenvalue weighted by atomic mass is 10.1. The minimum atomic E-state index is -3.58. The van der Waals surface area contributed by atoms with Crippen LogP contribution in [0.4, 0.5) is 23.0 Å². The zero-order valence-electron chi connectivity index (χ0n) is 23.5. The summed E-state index contributed by atoms with van der Waals surface area (Å²) in [6.45, 7) is 4.92. The van der Waals surface area contributed by atoms with Crippen LogP contribution in [0.5, 0.6) is 5.75 Å². The Kier molecular flexibility index (Phi) is 7.88. The van der Waals surface area contributed by atoms with Gasteiger partial charge in [0.1, 0.15) is 12.4 Å². The molecule has 1 unspecified atom stereocenters. The van der Waals surface area contributed by atoms with Crippen molar-refractivity contribution in [2.24, 2.45) is 5.73 Å². The molecule has 12 nitrogen and oxygen atoms in total. The van der Waals surface area contributed by atoms with E-state index in [9.17, 15) is 13.2 Å². The number of benzene rings is 2. The minimum Gasteiger partial charge on any atom is -0.489 e. The first-order chi connectivity index (χ1) is 20.3. The van der Waals surface area contributed by atoms with Crippen molar-refractivity contribution < 1.29 is 22.7 Å². The van der Waals surface area contributed by atoms with E-state index < -0.39 is 15.9 Å². The summed E-state index contributed by atoms with van der Waals surface area (Å²) in [5, 5.41) is 6.70. The highest BCUT2D eigenvalue weighted by Gasteiger charge is 2.37. The maximum atomic E-state index is 13.2. The van der Waals surface area contributed by atoms with Gasteiger partial charge in [-0.1, -0.05) is 25.1 Å². The first kappa shape index (κ1) is 28.2. The number of carbonyl (C=O) groups excluding carboxylic acids is 1. The van der Waals surface area contributed by atoms with Gasteiger partial charge in [-0.3, -0.25) is 4.79 Å². The summed E-state index contributed by atoms with van der Waals surface area (Å²) in [6, 6.07) is 14.3. The predicted octanol–water partition coefficient (Wildman–Crippen LogP) is 2.74. The molecule has 6 rings (SSSR count). The summed E-state index contributed by atoms with van der Waals surface area (Å²) in [6.07, 6.45) is 2.31. The van der Waals surface area contributed by atoms with Crippen molar-refractivity contribution in [1.82, 2.24) is 14.3 Å². The second-order valence-corrected chi connectivity index (χ2v) is 12.5. The number of fused-ring (bicyclic) bond motifs is 3. The van der Waals surface area contributed by atoms with Crippen LogP contribution in [0.15, 0.2) is 53.4 Å². The van der Waals surface area contributed by atoms with Gasteiger partial charge in [0.15, 0.2) is 17.3 Å². The van der Waals surface area contributed by atoms with Crippen molar-refractivity contribution in [3.05, 3.63) is 59.9 Å². The van der Waals surface area contributed by atoms with E-state index in [-0.39, 0.29) is 23.6 Å². The van der Waals surface area contributed by atoms with Gasteiger partial charge in [-0.05, 0) is 43.5 Å². The number of aromatic nitrogens is 2. The van der Waals surface area contributed by atoms with Crippen LogP contribution in [0, 0.1) is 0 Å². The second kappa shape index (κ2) is 11.7. The maximum Gasteiger partial charge on any atom is 0.271 e. The number of amides is 1. The molecular formula is C29H35N7O5S. The summed E-state index contributed by atoms with van der Waals surface area (Å²) in [5.41, 5.74) is 7.99. The van der Waals surface area contributed by atoms with Crippen LogP contribution in [0.1, 0.15) is 35.9 Å². The van der Waals surface area contributed by atoms with Gasteiger partial charge < -0.3 is 30.7 Å². The van der Waals surface area contributed by atoms with Crippen molar-refractivity contribution in [1.29, 1.82) is 0 Å². The average molecular weight is 594 g/mol. The summed E-state index contributed by atoms with van der Waals surface area (Å²) in [5.74, 6) is 0.882. The molecule has 0 radical (unpaired) electrons. The molecule has 2 aromatic carbocycles. The molecule has 2 saturated heterocycles. The van der Waals surface area contributed by atoms with Crippen LogP contribution >= 0.6 is 0 Å². The molecule has 0 aliphatic carbocycles. The van der Waals surface area contributed by atoms with Crippen LogP contribution in [0.3, 0.4) is 0 Å². The molecule has 1 atom stereocenters. The van der Waals surface area contributed by atoms with E-state index in [1.807, 2.05) is 25.1 Å². The number of anilines is 4. The average Bonchev–Trinajstić information content (AvgIpc) is 3.01. The Morgan fingerprint density at radius 2 is 1.86 bits per heavy atom. The highest BCUT2D eigenvalue weighted by Crippen LogP contribution is 2.39. The fourth-order valence-corrected chi connectivity index (χ4v) is 7.13. The van der Waals surface area contributed by atoms with Gasteiger partial charge in [0, 0.05) is 50.6 Å². The number of sulfonamides is 1. The predicted molar refractivity (Wildman–Crippen MR) is 159 cm³/mol. The molecule has 3 aromatic rings. The summed E-state index contributed by atoms with van der Waals surface area (Å²) < 4.78 is 39.5. The van der Waals surface area contributed by atoms with Crippen molar-refractivity contribution in [2.75, 3.05) is 55.0 Å². The van der Waals surface area contributed by atoms with E-state index in [1.165, 1.54) is 4.31 Å². The first-order valence-corrected chi connectivity index (χ1v) is 15.7. The maximum absolute atomic E-state index is 13.2. The molecule has 2 fully saturated rings. The largest absolute Gasteiger partial charge is 0.489 e. The zero-order chi connectivity index (χ0) is 29.3. The molecule has 0 bridgehead atoms. The normalized spacial score (nSPS) is 19.4. The number of hydrogen-bond acceptors (Lipinski definition) is 10. The van der Waals surface area contributed by atoms with Gasteiger partial charge in [-0.2, -0.15) is 4.31 Å². The fourth-order valence-electron chi connectivity index (χ4n) is 5.64. The Hall–Kier alpha value is -3.94. The monoisotopic (exact) mass is 593 g/mol. The van der Waals surface area contributed by atoms with Crippen LogP contribution in [0.2, 0.25) is 0 Å². The van der Waals surface area contributed by atoms with Crippen molar-refractivity contribution in [3.63, 3.8) is 0 Å². The molecule has 3 aliphatic rings. The first-order valence-electron chi connectivity index (χ1n) is 14.2. The summed E-state index contributed by atoms with van der Waals surface area (Å²) in [4.78, 5) is 24.1. The molecule has 13 heteroatoms. The fraction of sp³-hybridized carbons (Fsp3) is 0.414. The van der Waals surface area contributed by atoms with Crippen molar-refractivity contribution in [2.45, 2.75) is 43.2 Å². The molecule has 1 aromatic heterocycles. The number of hydrogen-bond donors (Lipinski definition) is 3. The zero-order valence-corrected chi connectivity index (χ0v) is 24.3. The Morgan fingerprint density at radius 3 is 2.60 bits per heavy atom. The number of piperazine rings is 1. The number of carbonyl (C=O) groups is 1. The number of nitrogens with two attached hydrogens (primary N) is 1. The van der Waals surface area contributed by atoms with Crippen molar-refractivity contribution in [3.8, 4) is 5.75 Å². The Balaban J connectivity index is 1.21. The smallest absolute Gasteiger partial charge is 0.271 e. The molecule has 222 valence electrons. The number of nitrogens with zero attached hydrogens (tertiary/aromatic N) is 4. The quantitative estimate of drug-likeness (QED) is 0.356. The minimum absolute atomic E-state index is 0.0684. The van der Waals surface area contributed by atoms with E-state index in [1.54, 1.807) is 30.3 Å².